The van der Waals surface area contributed by atoms with Crippen LogP contribution in [0.2, 0.25) is 0 Å². The number of para-hydroxylation sites is 1. The van der Waals surface area contributed by atoms with Gasteiger partial charge in [0.2, 0.25) is 0 Å². The SMILES string of the molecule is CC1=CC[C@@]2(C(C)C)CC1[C@@H](c1ccnc3ccccc13)N2. The largest absolute Gasteiger partial charge is 0.303 e. The van der Waals surface area contributed by atoms with Crippen molar-refractivity contribution in [3.8, 4) is 0 Å². The lowest BCUT2D eigenvalue weighted by atomic mass is 9.73. The fourth-order valence-corrected chi connectivity index (χ4v) is 4.36. The van der Waals surface area contributed by atoms with Crippen LogP contribution in [0.15, 0.2) is 48.2 Å². The molecule has 114 valence electrons. The third-order valence-corrected chi connectivity index (χ3v) is 5.93. The fraction of sp³-hybridized carbons (Fsp3) is 0.450. The molecule has 0 spiro atoms. The van der Waals surface area contributed by atoms with E-state index >= 15 is 0 Å². The van der Waals surface area contributed by atoms with Crippen LogP contribution in [-0.4, -0.2) is 10.5 Å². The Kier molecular flexibility index (Phi) is 3.12. The van der Waals surface area contributed by atoms with Crippen molar-refractivity contribution < 1.29 is 0 Å². The van der Waals surface area contributed by atoms with E-state index in [1.165, 1.54) is 17.4 Å². The molecule has 4 rings (SSSR count). The van der Waals surface area contributed by atoms with E-state index in [4.69, 9.17) is 0 Å². The number of benzene rings is 1. The van der Waals surface area contributed by atoms with Crippen molar-refractivity contribution in [1.82, 2.24) is 10.3 Å². The zero-order valence-electron chi connectivity index (χ0n) is 13.6. The maximum absolute atomic E-state index is 4.53. The Balaban J connectivity index is 1.84. The molecule has 0 radical (unpaired) electrons. The average Bonchev–Trinajstić information content (AvgIpc) is 2.87. The van der Waals surface area contributed by atoms with Gasteiger partial charge >= 0.3 is 0 Å². The number of hydrogen-bond donors (Lipinski definition) is 1. The number of rotatable bonds is 2. The van der Waals surface area contributed by atoms with Crippen molar-refractivity contribution in [2.24, 2.45) is 11.8 Å². The summed E-state index contributed by atoms with van der Waals surface area (Å²) in [7, 11) is 0. The van der Waals surface area contributed by atoms with E-state index in [1.807, 2.05) is 6.20 Å². The molecule has 1 fully saturated rings. The zero-order valence-corrected chi connectivity index (χ0v) is 13.6. The van der Waals surface area contributed by atoms with E-state index in [0.29, 0.717) is 17.9 Å². The predicted octanol–water partition coefficient (Wildman–Crippen LogP) is 4.63. The number of aromatic nitrogens is 1. The molecule has 1 aliphatic carbocycles. The summed E-state index contributed by atoms with van der Waals surface area (Å²) in [6.45, 7) is 7.01. The number of nitrogens with zero attached hydrogens (tertiary/aromatic N) is 1. The Morgan fingerprint density at radius 2 is 2.05 bits per heavy atom. The van der Waals surface area contributed by atoms with Gasteiger partial charge in [0.25, 0.3) is 0 Å². The number of hydrogen-bond acceptors (Lipinski definition) is 2. The van der Waals surface area contributed by atoms with E-state index in [9.17, 15) is 0 Å². The van der Waals surface area contributed by atoms with Gasteiger partial charge in [-0.25, -0.2) is 0 Å². The molecule has 2 heteroatoms. The van der Waals surface area contributed by atoms with Crippen molar-refractivity contribution in [3.63, 3.8) is 0 Å². The number of pyridine rings is 1. The molecule has 1 unspecified atom stereocenters. The highest BCUT2D eigenvalue weighted by Gasteiger charge is 2.49. The van der Waals surface area contributed by atoms with Crippen LogP contribution >= 0.6 is 0 Å². The molecule has 1 aromatic carbocycles. The third-order valence-electron chi connectivity index (χ3n) is 5.93. The Morgan fingerprint density at radius 1 is 1.23 bits per heavy atom. The third kappa shape index (κ3) is 1.94. The van der Waals surface area contributed by atoms with Crippen molar-refractivity contribution in [2.45, 2.75) is 45.2 Å². The maximum atomic E-state index is 4.53. The highest BCUT2D eigenvalue weighted by molar-refractivity contribution is 5.82. The van der Waals surface area contributed by atoms with Gasteiger partial charge in [-0.3, -0.25) is 4.98 Å². The highest BCUT2D eigenvalue weighted by atomic mass is 15.1. The maximum Gasteiger partial charge on any atom is 0.0705 e. The van der Waals surface area contributed by atoms with Gasteiger partial charge in [0.1, 0.15) is 0 Å². The van der Waals surface area contributed by atoms with Crippen LogP contribution in [0.3, 0.4) is 0 Å². The molecule has 2 nitrogen and oxygen atoms in total. The molecule has 1 aromatic heterocycles. The summed E-state index contributed by atoms with van der Waals surface area (Å²) in [6.07, 6.45) is 6.84. The van der Waals surface area contributed by atoms with Crippen LogP contribution in [0.1, 0.15) is 45.2 Å². The molecule has 2 bridgehead atoms. The van der Waals surface area contributed by atoms with Gasteiger partial charge in [0.05, 0.1) is 5.52 Å². The summed E-state index contributed by atoms with van der Waals surface area (Å²) in [4.78, 5) is 4.53. The van der Waals surface area contributed by atoms with Gasteiger partial charge < -0.3 is 5.32 Å². The van der Waals surface area contributed by atoms with Gasteiger partial charge in [0.15, 0.2) is 0 Å². The number of nitrogens with one attached hydrogen (secondary N) is 1. The van der Waals surface area contributed by atoms with Crippen molar-refractivity contribution >= 4 is 10.9 Å². The van der Waals surface area contributed by atoms with E-state index in [2.05, 4.69) is 67.5 Å². The molecule has 0 saturated carbocycles. The van der Waals surface area contributed by atoms with Crippen molar-refractivity contribution in [1.29, 1.82) is 0 Å². The quantitative estimate of drug-likeness (QED) is 0.816. The van der Waals surface area contributed by atoms with E-state index in [-0.39, 0.29) is 5.54 Å². The highest BCUT2D eigenvalue weighted by Crippen LogP contribution is 2.50. The lowest BCUT2D eigenvalue weighted by Gasteiger charge is -2.35. The molecular formula is C20H24N2. The standard InChI is InChI=1S/C20H24N2/c1-13(2)20-10-8-14(3)17(12-20)19(22-20)16-9-11-21-18-7-5-4-6-15(16)18/h4-9,11,13,17,19,22H,10,12H2,1-3H3/t17?,19-,20+/m1/s1. The van der Waals surface area contributed by atoms with Crippen LogP contribution < -0.4 is 5.32 Å². The van der Waals surface area contributed by atoms with E-state index in [0.717, 1.165) is 11.9 Å². The Bertz CT molecular complexity index is 741. The predicted molar refractivity (Wildman–Crippen MR) is 91.7 cm³/mol. The minimum atomic E-state index is 0.263. The second-order valence-electron chi connectivity index (χ2n) is 7.31. The monoisotopic (exact) mass is 292 g/mol. The molecule has 0 amide bonds. The Hall–Kier alpha value is -1.67. The molecule has 2 aromatic rings. The van der Waals surface area contributed by atoms with E-state index < -0.39 is 0 Å². The minimum Gasteiger partial charge on any atom is -0.303 e. The van der Waals surface area contributed by atoms with Crippen LogP contribution in [0.4, 0.5) is 0 Å². The first kappa shape index (κ1) is 14.0. The van der Waals surface area contributed by atoms with Crippen molar-refractivity contribution in [2.75, 3.05) is 0 Å². The summed E-state index contributed by atoms with van der Waals surface area (Å²) < 4.78 is 0. The molecule has 22 heavy (non-hydrogen) atoms. The zero-order chi connectivity index (χ0) is 15.3. The van der Waals surface area contributed by atoms with Crippen LogP contribution in [0, 0.1) is 11.8 Å². The van der Waals surface area contributed by atoms with Crippen LogP contribution in [0.5, 0.6) is 0 Å². The first-order valence-corrected chi connectivity index (χ1v) is 8.39. The Labute approximate surface area is 132 Å². The first-order chi connectivity index (χ1) is 10.6. The summed E-state index contributed by atoms with van der Waals surface area (Å²) >= 11 is 0. The lowest BCUT2D eigenvalue weighted by molar-refractivity contribution is 0.257. The summed E-state index contributed by atoms with van der Waals surface area (Å²) in [5.74, 6) is 1.26. The summed E-state index contributed by atoms with van der Waals surface area (Å²) in [6, 6.07) is 11.1. The molecular weight excluding hydrogens is 268 g/mol. The van der Waals surface area contributed by atoms with Gasteiger partial charge in [-0.05, 0) is 43.4 Å². The fourth-order valence-electron chi connectivity index (χ4n) is 4.36. The van der Waals surface area contributed by atoms with Gasteiger partial charge in [0, 0.05) is 29.1 Å². The number of fused-ring (bicyclic) bond motifs is 3. The molecule has 1 N–H and O–H groups in total. The van der Waals surface area contributed by atoms with Crippen molar-refractivity contribution in [3.05, 3.63) is 53.7 Å². The topological polar surface area (TPSA) is 24.9 Å². The van der Waals surface area contributed by atoms with E-state index in [1.54, 1.807) is 5.57 Å². The second-order valence-corrected chi connectivity index (χ2v) is 7.31. The van der Waals surface area contributed by atoms with Crippen LogP contribution in [0.25, 0.3) is 10.9 Å². The smallest absolute Gasteiger partial charge is 0.0705 e. The molecule has 2 heterocycles. The Morgan fingerprint density at radius 3 is 2.86 bits per heavy atom. The molecule has 3 atom stereocenters. The molecule has 1 aliphatic heterocycles. The summed E-state index contributed by atoms with van der Waals surface area (Å²) in [5, 5.41) is 5.32. The first-order valence-electron chi connectivity index (χ1n) is 8.39. The summed E-state index contributed by atoms with van der Waals surface area (Å²) in [5.41, 5.74) is 4.32. The van der Waals surface area contributed by atoms with Gasteiger partial charge in [-0.1, -0.05) is 43.7 Å². The van der Waals surface area contributed by atoms with Gasteiger partial charge in [-0.2, -0.15) is 0 Å². The normalized spacial score (nSPS) is 30.8. The second kappa shape index (κ2) is 4.92. The molecule has 1 saturated heterocycles. The van der Waals surface area contributed by atoms with Gasteiger partial charge in [-0.15, -0.1) is 0 Å². The lowest BCUT2D eigenvalue weighted by Crippen LogP contribution is -2.45. The minimum absolute atomic E-state index is 0.263. The van der Waals surface area contributed by atoms with Crippen LogP contribution in [-0.2, 0) is 0 Å². The average molecular weight is 292 g/mol. The molecule has 2 aliphatic rings.